The van der Waals surface area contributed by atoms with Gasteiger partial charge in [-0.3, -0.25) is 4.57 Å². The van der Waals surface area contributed by atoms with Crippen LogP contribution in [0.15, 0.2) is 12.4 Å². The third kappa shape index (κ3) is 3.46. The number of anilines is 1. The summed E-state index contributed by atoms with van der Waals surface area (Å²) in [5, 5.41) is 13.9. The van der Waals surface area contributed by atoms with Crippen LogP contribution in [0.3, 0.4) is 0 Å². The van der Waals surface area contributed by atoms with Crippen LogP contribution in [0.5, 0.6) is 0 Å². The van der Waals surface area contributed by atoms with Crippen LogP contribution in [-0.4, -0.2) is 37.7 Å². The van der Waals surface area contributed by atoms with Gasteiger partial charge in [-0.1, -0.05) is 12.8 Å². The molecule has 3 heterocycles. The maximum absolute atomic E-state index is 13.7. The van der Waals surface area contributed by atoms with Gasteiger partial charge >= 0.3 is 6.18 Å². The number of aliphatic hydroxyl groups is 1. The normalized spacial score (nSPS) is 20.6. The molecule has 0 radical (unpaired) electrons. The number of nitrogen functional groups attached to an aromatic ring is 1. The highest BCUT2D eigenvalue weighted by molar-refractivity contribution is 5.52. The van der Waals surface area contributed by atoms with Crippen LogP contribution in [0.1, 0.15) is 61.8 Å². The van der Waals surface area contributed by atoms with E-state index in [-0.39, 0.29) is 36.0 Å². The zero-order chi connectivity index (χ0) is 19.9. The van der Waals surface area contributed by atoms with Gasteiger partial charge in [0.15, 0.2) is 5.82 Å². The number of rotatable bonds is 3. The van der Waals surface area contributed by atoms with Gasteiger partial charge in [-0.25, -0.2) is 15.0 Å². The molecule has 4 N–H and O–H groups in total. The van der Waals surface area contributed by atoms with E-state index >= 15 is 0 Å². The first-order valence-corrected chi connectivity index (χ1v) is 9.51. The number of aromatic nitrogens is 4. The third-order valence-corrected chi connectivity index (χ3v) is 5.63. The van der Waals surface area contributed by atoms with E-state index in [0.717, 1.165) is 30.3 Å². The van der Waals surface area contributed by atoms with Crippen LogP contribution in [-0.2, 0) is 11.8 Å². The third-order valence-electron chi connectivity index (χ3n) is 5.63. The molecule has 7 nitrogen and oxygen atoms in total. The number of nitrogens with two attached hydrogens (primary N) is 1. The second-order valence-corrected chi connectivity index (χ2v) is 7.59. The fraction of sp³-hybridized carbons (Fsp3) is 0.611. The lowest BCUT2D eigenvalue weighted by Crippen LogP contribution is -2.40. The lowest BCUT2D eigenvalue weighted by molar-refractivity contribution is -0.146. The van der Waals surface area contributed by atoms with Gasteiger partial charge in [0.2, 0.25) is 5.82 Å². The van der Waals surface area contributed by atoms with Gasteiger partial charge in [-0.15, -0.1) is 0 Å². The Balaban J connectivity index is 1.81. The van der Waals surface area contributed by atoms with Crippen LogP contribution >= 0.6 is 0 Å². The number of piperidine rings is 1. The standard InChI is InChI=1S/C18H23F3N6O/c19-18(20,21)16-25-13(17(28)5-7-23-8-6-17)10-27(16)15-12(22)9-24-14(26-15)11-3-1-2-4-11/h9-11,23,28H,1-8,22H2. The highest BCUT2D eigenvalue weighted by atomic mass is 19.4. The van der Waals surface area contributed by atoms with Crippen molar-refractivity contribution in [1.29, 1.82) is 0 Å². The van der Waals surface area contributed by atoms with Crippen molar-refractivity contribution in [2.24, 2.45) is 0 Å². The molecule has 1 aliphatic carbocycles. The Morgan fingerprint density at radius 3 is 2.50 bits per heavy atom. The van der Waals surface area contributed by atoms with E-state index in [0.29, 0.717) is 18.9 Å². The second-order valence-electron chi connectivity index (χ2n) is 7.59. The van der Waals surface area contributed by atoms with E-state index < -0.39 is 17.6 Å². The summed E-state index contributed by atoms with van der Waals surface area (Å²) in [6.07, 6.45) is 2.36. The van der Waals surface area contributed by atoms with Gasteiger partial charge in [-0.2, -0.15) is 13.2 Å². The van der Waals surface area contributed by atoms with Gasteiger partial charge < -0.3 is 16.2 Å². The van der Waals surface area contributed by atoms with Crippen molar-refractivity contribution in [3.63, 3.8) is 0 Å². The Hall–Kier alpha value is -2.20. The molecule has 2 aromatic heterocycles. The van der Waals surface area contributed by atoms with Crippen LogP contribution in [0.25, 0.3) is 5.82 Å². The van der Waals surface area contributed by atoms with E-state index in [1.165, 1.54) is 12.4 Å². The van der Waals surface area contributed by atoms with Crippen molar-refractivity contribution in [3.05, 3.63) is 29.7 Å². The summed E-state index contributed by atoms with van der Waals surface area (Å²) in [5.74, 6) is -0.548. The van der Waals surface area contributed by atoms with Crippen molar-refractivity contribution in [2.75, 3.05) is 18.8 Å². The Labute approximate surface area is 160 Å². The molecular weight excluding hydrogens is 373 g/mol. The van der Waals surface area contributed by atoms with Crippen LogP contribution in [0, 0.1) is 0 Å². The number of imidazole rings is 1. The zero-order valence-corrected chi connectivity index (χ0v) is 15.3. The molecule has 2 aliphatic rings. The van der Waals surface area contributed by atoms with Gasteiger partial charge in [0.05, 0.1) is 17.6 Å². The molecule has 152 valence electrons. The molecule has 0 bridgehead atoms. The average Bonchev–Trinajstić information content (AvgIpc) is 3.33. The highest BCUT2D eigenvalue weighted by Gasteiger charge is 2.42. The Morgan fingerprint density at radius 2 is 1.86 bits per heavy atom. The van der Waals surface area contributed by atoms with E-state index in [1.54, 1.807) is 0 Å². The van der Waals surface area contributed by atoms with Crippen LogP contribution in [0.2, 0.25) is 0 Å². The predicted molar refractivity (Wildman–Crippen MR) is 95.8 cm³/mol. The quantitative estimate of drug-likeness (QED) is 0.737. The van der Waals surface area contributed by atoms with E-state index in [9.17, 15) is 18.3 Å². The molecule has 0 aromatic carbocycles. The van der Waals surface area contributed by atoms with E-state index in [2.05, 4.69) is 20.3 Å². The summed E-state index contributed by atoms with van der Waals surface area (Å²) in [4.78, 5) is 12.4. The Kier molecular flexibility index (Phi) is 4.78. The Morgan fingerprint density at radius 1 is 1.18 bits per heavy atom. The van der Waals surface area contributed by atoms with Crippen LogP contribution in [0.4, 0.5) is 18.9 Å². The van der Waals surface area contributed by atoms with Gasteiger partial charge in [0, 0.05) is 12.1 Å². The molecule has 28 heavy (non-hydrogen) atoms. The topological polar surface area (TPSA) is 102 Å². The number of alkyl halides is 3. The molecule has 1 saturated carbocycles. The maximum atomic E-state index is 13.7. The van der Waals surface area contributed by atoms with Gasteiger partial charge in [0.1, 0.15) is 11.4 Å². The molecule has 0 spiro atoms. The lowest BCUT2D eigenvalue weighted by Gasteiger charge is -2.30. The number of hydrogen-bond acceptors (Lipinski definition) is 6. The summed E-state index contributed by atoms with van der Waals surface area (Å²) >= 11 is 0. The van der Waals surface area contributed by atoms with Gasteiger partial charge in [0.25, 0.3) is 0 Å². The molecule has 0 atom stereocenters. The molecule has 0 unspecified atom stereocenters. The predicted octanol–water partition coefficient (Wildman–Crippen LogP) is 2.49. The number of nitrogens with zero attached hydrogens (tertiary/aromatic N) is 4. The number of hydrogen-bond donors (Lipinski definition) is 3. The van der Waals surface area contributed by atoms with E-state index in [1.807, 2.05) is 0 Å². The summed E-state index contributed by atoms with van der Waals surface area (Å²) < 4.78 is 42.0. The summed E-state index contributed by atoms with van der Waals surface area (Å²) in [7, 11) is 0. The summed E-state index contributed by atoms with van der Waals surface area (Å²) in [6.45, 7) is 1.01. The molecule has 1 aliphatic heterocycles. The first kappa shape index (κ1) is 19.1. The molecule has 2 fully saturated rings. The van der Waals surface area contributed by atoms with E-state index in [4.69, 9.17) is 5.73 Å². The van der Waals surface area contributed by atoms with Gasteiger partial charge in [-0.05, 0) is 38.8 Å². The minimum absolute atomic E-state index is 0.0123. The molecular formula is C18H23F3N6O. The fourth-order valence-corrected chi connectivity index (χ4v) is 4.03. The highest BCUT2D eigenvalue weighted by Crippen LogP contribution is 2.37. The Bertz CT molecular complexity index is 853. The van der Waals surface area contributed by atoms with Crippen molar-refractivity contribution in [1.82, 2.24) is 24.8 Å². The van der Waals surface area contributed by atoms with Crippen molar-refractivity contribution in [3.8, 4) is 5.82 Å². The fourth-order valence-electron chi connectivity index (χ4n) is 4.03. The summed E-state index contributed by atoms with van der Waals surface area (Å²) in [5.41, 5.74) is 4.55. The molecule has 2 aromatic rings. The molecule has 1 saturated heterocycles. The minimum Gasteiger partial charge on any atom is -0.394 e. The SMILES string of the molecule is Nc1cnc(C2CCCC2)nc1-n1cc(C2(O)CCNCC2)nc1C(F)(F)F. The van der Waals surface area contributed by atoms with Crippen LogP contribution < -0.4 is 11.1 Å². The van der Waals surface area contributed by atoms with Crippen molar-refractivity contribution < 1.29 is 18.3 Å². The number of nitrogens with one attached hydrogen (secondary N) is 1. The first-order chi connectivity index (χ1) is 13.3. The summed E-state index contributed by atoms with van der Waals surface area (Å²) in [6, 6.07) is 0. The van der Waals surface area contributed by atoms with Crippen molar-refractivity contribution in [2.45, 2.75) is 56.2 Å². The second kappa shape index (κ2) is 7.00. The molecule has 0 amide bonds. The average molecular weight is 396 g/mol. The maximum Gasteiger partial charge on any atom is 0.450 e. The number of halogens is 3. The van der Waals surface area contributed by atoms with Crippen molar-refractivity contribution >= 4 is 5.69 Å². The minimum atomic E-state index is -4.72. The zero-order valence-electron chi connectivity index (χ0n) is 15.3. The molecule has 10 heteroatoms. The smallest absolute Gasteiger partial charge is 0.394 e. The molecule has 4 rings (SSSR count). The largest absolute Gasteiger partial charge is 0.450 e. The lowest BCUT2D eigenvalue weighted by atomic mass is 9.89. The monoisotopic (exact) mass is 396 g/mol. The first-order valence-electron chi connectivity index (χ1n) is 9.51.